The van der Waals surface area contributed by atoms with Gasteiger partial charge in [-0.15, -0.1) is 0 Å². The first-order valence-electron chi connectivity index (χ1n) is 12.8. The fourth-order valence-electron chi connectivity index (χ4n) is 4.80. The minimum Gasteiger partial charge on any atom is -0.497 e. The van der Waals surface area contributed by atoms with Crippen LogP contribution in [0.1, 0.15) is 37.3 Å². The fraction of sp³-hybridized carbons (Fsp3) is 0.769. The van der Waals surface area contributed by atoms with Gasteiger partial charge < -0.3 is 24.2 Å². The molecule has 0 aliphatic heterocycles. The second-order valence-electron chi connectivity index (χ2n) is 10.0. The molecule has 0 bridgehead atoms. The summed E-state index contributed by atoms with van der Waals surface area (Å²) in [6.45, 7) is 11.3. The van der Waals surface area contributed by atoms with Crippen LogP contribution in [0.5, 0.6) is 5.75 Å². The van der Waals surface area contributed by atoms with Crippen LogP contribution in [0.15, 0.2) is 17.0 Å². The molecule has 35 heavy (non-hydrogen) atoms. The Balaban J connectivity index is 1.73. The van der Waals surface area contributed by atoms with E-state index < -0.39 is 10.0 Å². The molecule has 2 unspecified atom stereocenters. The van der Waals surface area contributed by atoms with Gasteiger partial charge in [-0.25, -0.2) is 8.42 Å². The van der Waals surface area contributed by atoms with Crippen LogP contribution in [0, 0.1) is 13.8 Å². The molecule has 1 aliphatic carbocycles. The second-order valence-corrected chi connectivity index (χ2v) is 12.0. The van der Waals surface area contributed by atoms with Gasteiger partial charge in [0.05, 0.1) is 25.2 Å². The lowest BCUT2D eigenvalue weighted by molar-refractivity contribution is 0.0924. The van der Waals surface area contributed by atoms with Crippen LogP contribution in [0.2, 0.25) is 0 Å². The van der Waals surface area contributed by atoms with Crippen LogP contribution in [0.3, 0.4) is 0 Å². The average molecular weight is 513 g/mol. The zero-order valence-corrected chi connectivity index (χ0v) is 24.0. The number of nitrogens with zero attached hydrogens (tertiary/aromatic N) is 4. The normalized spacial score (nSPS) is 19.0. The minimum absolute atomic E-state index is 0.319. The molecule has 0 N–H and O–H groups in total. The van der Waals surface area contributed by atoms with Crippen molar-refractivity contribution in [2.75, 3.05) is 81.2 Å². The molecule has 0 spiro atoms. The van der Waals surface area contributed by atoms with E-state index in [9.17, 15) is 8.42 Å². The monoisotopic (exact) mass is 512 g/mol. The lowest BCUT2D eigenvalue weighted by atomic mass is 10.1. The number of likely N-dealkylation sites (N-methyl/N-ethyl adjacent to an activating group) is 4. The maximum atomic E-state index is 13.1. The van der Waals surface area contributed by atoms with Crippen molar-refractivity contribution >= 4 is 10.0 Å². The van der Waals surface area contributed by atoms with Crippen molar-refractivity contribution in [3.8, 4) is 5.75 Å². The van der Waals surface area contributed by atoms with Crippen molar-refractivity contribution in [3.05, 3.63) is 23.3 Å². The molecule has 202 valence electrons. The van der Waals surface area contributed by atoms with Crippen molar-refractivity contribution in [1.29, 1.82) is 0 Å². The van der Waals surface area contributed by atoms with Gasteiger partial charge in [0.25, 0.3) is 0 Å². The third kappa shape index (κ3) is 8.40. The van der Waals surface area contributed by atoms with E-state index in [1.807, 2.05) is 0 Å². The van der Waals surface area contributed by atoms with Crippen molar-refractivity contribution in [2.24, 2.45) is 0 Å². The highest BCUT2D eigenvalue weighted by molar-refractivity contribution is 7.89. The summed E-state index contributed by atoms with van der Waals surface area (Å²) < 4.78 is 38.7. The molecule has 2 atom stereocenters. The van der Waals surface area contributed by atoms with Crippen molar-refractivity contribution in [2.45, 2.75) is 57.0 Å². The Morgan fingerprint density at radius 3 is 1.97 bits per heavy atom. The van der Waals surface area contributed by atoms with Gasteiger partial charge >= 0.3 is 0 Å². The summed E-state index contributed by atoms with van der Waals surface area (Å²) in [6, 6.07) is 4.75. The van der Waals surface area contributed by atoms with E-state index >= 15 is 0 Å². The molecular formula is C26H48N4O4S. The first-order valence-corrected chi connectivity index (χ1v) is 14.2. The Kier molecular flexibility index (Phi) is 11.9. The molecule has 1 fully saturated rings. The number of hydrogen-bond acceptors (Lipinski definition) is 7. The van der Waals surface area contributed by atoms with Gasteiger partial charge in [0.1, 0.15) is 5.75 Å². The summed E-state index contributed by atoms with van der Waals surface area (Å²) in [7, 11) is 6.20. The molecule has 1 saturated carbocycles. The van der Waals surface area contributed by atoms with Gasteiger partial charge in [0, 0.05) is 45.3 Å². The van der Waals surface area contributed by atoms with Crippen LogP contribution in [0.25, 0.3) is 0 Å². The minimum atomic E-state index is -3.59. The molecule has 1 aromatic rings. The topological polar surface area (TPSA) is 65.6 Å². The maximum absolute atomic E-state index is 13.1. The summed E-state index contributed by atoms with van der Waals surface area (Å²) in [4.78, 5) is 7.62. The summed E-state index contributed by atoms with van der Waals surface area (Å²) in [5.41, 5.74) is 1.38. The van der Waals surface area contributed by atoms with Gasteiger partial charge in [-0.05, 0) is 84.1 Å². The first-order chi connectivity index (χ1) is 16.5. The van der Waals surface area contributed by atoms with Gasteiger partial charge in [0.2, 0.25) is 10.0 Å². The molecule has 0 aromatic heterocycles. The predicted octanol–water partition coefficient (Wildman–Crippen LogP) is 2.69. The first kappa shape index (κ1) is 30.0. The van der Waals surface area contributed by atoms with Crippen molar-refractivity contribution in [1.82, 2.24) is 19.0 Å². The van der Waals surface area contributed by atoms with Crippen LogP contribution >= 0.6 is 0 Å². The van der Waals surface area contributed by atoms with Crippen molar-refractivity contribution in [3.63, 3.8) is 0 Å². The van der Waals surface area contributed by atoms with E-state index in [2.05, 4.69) is 42.8 Å². The largest absolute Gasteiger partial charge is 0.497 e. The zero-order valence-electron chi connectivity index (χ0n) is 23.2. The summed E-state index contributed by atoms with van der Waals surface area (Å²) in [5.74, 6) is 0.665. The smallest absolute Gasteiger partial charge is 0.243 e. The van der Waals surface area contributed by atoms with E-state index in [0.717, 1.165) is 26.2 Å². The van der Waals surface area contributed by atoms with E-state index in [0.29, 0.717) is 53.6 Å². The molecule has 0 heterocycles. The molecule has 9 heteroatoms. The van der Waals surface area contributed by atoms with Crippen LogP contribution in [-0.2, 0) is 14.8 Å². The highest BCUT2D eigenvalue weighted by Crippen LogP contribution is 2.28. The van der Waals surface area contributed by atoms with Crippen LogP contribution < -0.4 is 4.74 Å². The third-order valence-corrected chi connectivity index (χ3v) is 9.64. The number of ether oxygens (including phenoxy) is 2. The van der Waals surface area contributed by atoms with E-state index in [4.69, 9.17) is 9.47 Å². The van der Waals surface area contributed by atoms with Crippen LogP contribution in [0.4, 0.5) is 0 Å². The Bertz CT molecular complexity index is 872. The standard InChI is InChI=1S/C26H48N4O4S/c1-9-27(4)12-13-28(5)23-10-11-24(20-23)29(6)14-16-34-17-15-30(7)35(31,32)26-21(2)18-25(33-8)19-22(26)3/h18-19,23-24H,9-17,20H2,1-8H3. The molecule has 1 aromatic carbocycles. The molecule has 2 rings (SSSR count). The Hall–Kier alpha value is -1.23. The average Bonchev–Trinajstić information content (AvgIpc) is 3.31. The fourth-order valence-corrected chi connectivity index (χ4v) is 6.36. The summed E-state index contributed by atoms with van der Waals surface area (Å²) in [6.07, 6.45) is 3.66. The summed E-state index contributed by atoms with van der Waals surface area (Å²) in [5, 5.41) is 0. The number of aryl methyl sites for hydroxylation is 2. The zero-order chi connectivity index (χ0) is 26.2. The number of benzene rings is 1. The second kappa shape index (κ2) is 13.9. The summed E-state index contributed by atoms with van der Waals surface area (Å²) >= 11 is 0. The number of rotatable bonds is 15. The maximum Gasteiger partial charge on any atom is 0.243 e. The van der Waals surface area contributed by atoms with Crippen LogP contribution in [-0.4, -0.2) is 121 Å². The number of methoxy groups -OCH3 is 1. The Morgan fingerprint density at radius 2 is 1.43 bits per heavy atom. The molecule has 0 radical (unpaired) electrons. The SMILES string of the molecule is CCN(C)CCN(C)C1CCC(N(C)CCOCCN(C)S(=O)(=O)c2c(C)cc(OC)cc2C)C1. The molecule has 0 amide bonds. The number of sulfonamides is 1. The van der Waals surface area contributed by atoms with Gasteiger partial charge in [-0.3, -0.25) is 0 Å². The van der Waals surface area contributed by atoms with E-state index in [-0.39, 0.29) is 0 Å². The highest BCUT2D eigenvalue weighted by Gasteiger charge is 2.30. The predicted molar refractivity (Wildman–Crippen MR) is 143 cm³/mol. The molecule has 1 aliphatic rings. The Morgan fingerprint density at radius 1 is 0.886 bits per heavy atom. The molecule has 8 nitrogen and oxygen atoms in total. The number of hydrogen-bond donors (Lipinski definition) is 0. The van der Waals surface area contributed by atoms with Gasteiger partial charge in [0.15, 0.2) is 0 Å². The lowest BCUT2D eigenvalue weighted by Crippen LogP contribution is -2.38. The molecule has 0 saturated heterocycles. The molecular weight excluding hydrogens is 464 g/mol. The third-order valence-electron chi connectivity index (χ3n) is 7.47. The van der Waals surface area contributed by atoms with Gasteiger partial charge in [-0.2, -0.15) is 4.31 Å². The highest BCUT2D eigenvalue weighted by atomic mass is 32.2. The van der Waals surface area contributed by atoms with E-state index in [1.165, 1.54) is 23.6 Å². The quantitative estimate of drug-likeness (QED) is 0.335. The van der Waals surface area contributed by atoms with E-state index in [1.54, 1.807) is 40.1 Å². The van der Waals surface area contributed by atoms with Crippen molar-refractivity contribution < 1.29 is 17.9 Å². The lowest BCUT2D eigenvalue weighted by Gasteiger charge is -2.28. The van der Waals surface area contributed by atoms with Gasteiger partial charge in [-0.1, -0.05) is 6.92 Å². The Labute approximate surface area is 214 Å².